The van der Waals surface area contributed by atoms with Crippen molar-refractivity contribution in [1.82, 2.24) is 35.0 Å². The van der Waals surface area contributed by atoms with E-state index in [9.17, 15) is 14.4 Å². The third kappa shape index (κ3) is 3.68. The van der Waals surface area contributed by atoms with Crippen LogP contribution in [-0.4, -0.2) is 53.9 Å². The molecule has 176 valence electrons. The number of benzene rings is 2. The fourth-order valence-corrected chi connectivity index (χ4v) is 4.52. The number of nitrogens with zero attached hydrogens (tertiary/aromatic N) is 6. The monoisotopic (exact) mass is 469 g/mol. The molecular weight excluding hydrogens is 446 g/mol. The van der Waals surface area contributed by atoms with Gasteiger partial charge in [-0.15, -0.1) is 5.10 Å². The Bertz CT molecular complexity index is 1440. The number of rotatable bonds is 6. The van der Waals surface area contributed by atoms with Gasteiger partial charge < -0.3 is 9.88 Å². The highest BCUT2D eigenvalue weighted by Crippen LogP contribution is 2.30. The summed E-state index contributed by atoms with van der Waals surface area (Å²) in [6, 6.07) is 17.9. The highest BCUT2D eigenvalue weighted by molar-refractivity contribution is 6.11. The SMILES string of the molecule is Cc1cc(C(=O)CN2C(=O)N[C@@](C)(c3cccc(-n4cnnn4)c3)C2=O)c(C)n1-c1ccccc1. The van der Waals surface area contributed by atoms with Crippen molar-refractivity contribution in [2.45, 2.75) is 26.3 Å². The molecule has 1 aliphatic rings. The van der Waals surface area contributed by atoms with Crippen molar-refractivity contribution in [3.63, 3.8) is 0 Å². The molecule has 0 spiro atoms. The zero-order valence-corrected chi connectivity index (χ0v) is 19.5. The van der Waals surface area contributed by atoms with Crippen molar-refractivity contribution in [1.29, 1.82) is 0 Å². The lowest BCUT2D eigenvalue weighted by molar-refractivity contribution is -0.130. The standard InChI is InChI=1S/C25H23N7O3/c1-16-12-21(17(2)32(16)19-9-5-4-6-10-19)22(33)14-30-23(34)25(3,27-24(30)35)18-8-7-11-20(13-18)31-15-26-28-29-31/h4-13,15H,14H2,1-3H3,(H,27,35)/t25-/m0/s1. The van der Waals surface area contributed by atoms with E-state index < -0.39 is 17.5 Å². The summed E-state index contributed by atoms with van der Waals surface area (Å²) in [6.07, 6.45) is 1.44. The molecule has 2 aromatic heterocycles. The van der Waals surface area contributed by atoms with Gasteiger partial charge in [0.1, 0.15) is 11.9 Å². The summed E-state index contributed by atoms with van der Waals surface area (Å²) in [6.45, 7) is 5.04. The average molecular weight is 470 g/mol. The Hall–Kier alpha value is -4.60. The maximum absolute atomic E-state index is 13.4. The minimum absolute atomic E-state index is 0.310. The average Bonchev–Trinajstić information content (AvgIpc) is 3.55. The molecule has 0 saturated carbocycles. The van der Waals surface area contributed by atoms with Gasteiger partial charge in [0.05, 0.1) is 12.2 Å². The van der Waals surface area contributed by atoms with Gasteiger partial charge in [-0.05, 0) is 67.1 Å². The van der Waals surface area contributed by atoms with E-state index in [4.69, 9.17) is 0 Å². The van der Waals surface area contributed by atoms with E-state index in [2.05, 4.69) is 20.8 Å². The van der Waals surface area contributed by atoms with Gasteiger partial charge in [0.25, 0.3) is 5.91 Å². The summed E-state index contributed by atoms with van der Waals surface area (Å²) in [5.74, 6) is -0.808. The van der Waals surface area contributed by atoms with Crippen LogP contribution >= 0.6 is 0 Å². The quantitative estimate of drug-likeness (QED) is 0.343. The number of hydrogen-bond acceptors (Lipinski definition) is 6. The number of tetrazole rings is 1. The summed E-state index contributed by atoms with van der Waals surface area (Å²) in [5.41, 5.74) is 2.91. The normalized spacial score (nSPS) is 17.6. The molecule has 0 bridgehead atoms. The fraction of sp³-hybridized carbons (Fsp3) is 0.200. The third-order valence-electron chi connectivity index (χ3n) is 6.36. The van der Waals surface area contributed by atoms with Crippen LogP contribution in [0.15, 0.2) is 67.0 Å². The Kier molecular flexibility index (Phi) is 5.28. The Labute approximate surface area is 201 Å². The number of imide groups is 1. The molecule has 1 N–H and O–H groups in total. The van der Waals surface area contributed by atoms with Crippen LogP contribution in [0.1, 0.15) is 34.2 Å². The Morgan fingerprint density at radius 2 is 1.74 bits per heavy atom. The van der Waals surface area contributed by atoms with Gasteiger partial charge in [-0.25, -0.2) is 9.48 Å². The van der Waals surface area contributed by atoms with Gasteiger partial charge in [-0.2, -0.15) is 0 Å². The molecule has 0 unspecified atom stereocenters. The van der Waals surface area contributed by atoms with Crippen LogP contribution in [0.3, 0.4) is 0 Å². The van der Waals surface area contributed by atoms with Crippen LogP contribution in [0.25, 0.3) is 11.4 Å². The number of Topliss-reactive ketones (excluding diaryl/α,β-unsaturated/α-hetero) is 1. The van der Waals surface area contributed by atoms with Crippen LogP contribution < -0.4 is 5.32 Å². The van der Waals surface area contributed by atoms with Crippen molar-refractivity contribution in [2.75, 3.05) is 6.54 Å². The lowest BCUT2D eigenvalue weighted by atomic mass is 9.91. The molecule has 10 nitrogen and oxygen atoms in total. The van der Waals surface area contributed by atoms with Gasteiger partial charge in [-0.1, -0.05) is 30.3 Å². The van der Waals surface area contributed by atoms with Crippen molar-refractivity contribution < 1.29 is 14.4 Å². The van der Waals surface area contributed by atoms with E-state index in [1.54, 1.807) is 37.3 Å². The molecule has 2 aromatic carbocycles. The third-order valence-corrected chi connectivity index (χ3v) is 6.36. The molecule has 1 aliphatic heterocycles. The number of para-hydroxylation sites is 1. The smallest absolute Gasteiger partial charge is 0.319 e. The van der Waals surface area contributed by atoms with Crippen LogP contribution in [0.4, 0.5) is 4.79 Å². The fourth-order valence-electron chi connectivity index (χ4n) is 4.52. The molecule has 3 heterocycles. The highest BCUT2D eigenvalue weighted by Gasteiger charge is 2.49. The number of aromatic nitrogens is 5. The number of hydrogen-bond donors (Lipinski definition) is 1. The van der Waals surface area contributed by atoms with E-state index >= 15 is 0 Å². The van der Waals surface area contributed by atoms with E-state index in [0.717, 1.165) is 22.0 Å². The first-order valence-electron chi connectivity index (χ1n) is 11.0. The number of carbonyl (C=O) groups excluding carboxylic acids is 3. The van der Waals surface area contributed by atoms with Gasteiger partial charge in [0, 0.05) is 22.6 Å². The van der Waals surface area contributed by atoms with E-state index in [0.29, 0.717) is 16.8 Å². The Morgan fingerprint density at radius 1 is 1.00 bits per heavy atom. The molecule has 1 atom stereocenters. The number of carbonyl (C=O) groups is 3. The van der Waals surface area contributed by atoms with Crippen LogP contribution in [-0.2, 0) is 10.3 Å². The molecule has 0 radical (unpaired) electrons. The number of amides is 3. The summed E-state index contributed by atoms with van der Waals surface area (Å²) in [4.78, 5) is 40.5. The molecule has 0 aliphatic carbocycles. The first-order chi connectivity index (χ1) is 16.8. The molecule has 3 amide bonds. The van der Waals surface area contributed by atoms with Crippen LogP contribution in [0.5, 0.6) is 0 Å². The first-order valence-corrected chi connectivity index (χ1v) is 11.0. The van der Waals surface area contributed by atoms with Crippen molar-refractivity contribution >= 4 is 17.7 Å². The first kappa shape index (κ1) is 22.2. The molecule has 35 heavy (non-hydrogen) atoms. The van der Waals surface area contributed by atoms with Gasteiger partial charge in [0.2, 0.25) is 0 Å². The summed E-state index contributed by atoms with van der Waals surface area (Å²) >= 11 is 0. The minimum atomic E-state index is -1.33. The zero-order valence-electron chi connectivity index (χ0n) is 19.5. The van der Waals surface area contributed by atoms with Crippen LogP contribution in [0, 0.1) is 13.8 Å². The predicted octanol–water partition coefficient (Wildman–Crippen LogP) is 2.72. The topological polar surface area (TPSA) is 115 Å². The zero-order chi connectivity index (χ0) is 24.7. The molecular formula is C25H23N7O3. The maximum atomic E-state index is 13.4. The van der Waals surface area contributed by atoms with Gasteiger partial charge in [-0.3, -0.25) is 14.5 Å². The minimum Gasteiger partial charge on any atom is -0.319 e. The van der Waals surface area contributed by atoms with E-state index in [1.165, 1.54) is 11.0 Å². The highest BCUT2D eigenvalue weighted by atomic mass is 16.2. The number of urea groups is 1. The maximum Gasteiger partial charge on any atom is 0.325 e. The van der Waals surface area contributed by atoms with Crippen molar-refractivity contribution in [2.24, 2.45) is 0 Å². The lowest BCUT2D eigenvalue weighted by Gasteiger charge is -2.22. The molecule has 1 saturated heterocycles. The molecule has 1 fully saturated rings. The largest absolute Gasteiger partial charge is 0.325 e. The summed E-state index contributed by atoms with van der Waals surface area (Å²) in [5, 5.41) is 13.9. The number of nitrogens with one attached hydrogen (secondary N) is 1. The number of aryl methyl sites for hydroxylation is 1. The summed E-state index contributed by atoms with van der Waals surface area (Å²) in [7, 11) is 0. The second-order valence-electron chi connectivity index (χ2n) is 8.63. The Balaban J connectivity index is 1.41. The van der Waals surface area contributed by atoms with Crippen molar-refractivity contribution in [3.05, 3.63) is 89.5 Å². The van der Waals surface area contributed by atoms with Gasteiger partial charge >= 0.3 is 6.03 Å². The second-order valence-corrected chi connectivity index (χ2v) is 8.63. The van der Waals surface area contributed by atoms with Gasteiger partial charge in [0.15, 0.2) is 5.78 Å². The molecule has 10 heteroatoms. The molecule has 5 rings (SSSR count). The lowest BCUT2D eigenvalue weighted by Crippen LogP contribution is -2.41. The van der Waals surface area contributed by atoms with Crippen molar-refractivity contribution in [3.8, 4) is 11.4 Å². The van der Waals surface area contributed by atoms with E-state index in [-0.39, 0.29) is 12.3 Å². The predicted molar refractivity (Wildman–Crippen MR) is 126 cm³/mol. The Morgan fingerprint density at radius 3 is 2.46 bits per heavy atom. The summed E-state index contributed by atoms with van der Waals surface area (Å²) < 4.78 is 3.44. The second kappa shape index (κ2) is 8.32. The number of ketones is 1. The molecule has 4 aromatic rings. The van der Waals surface area contributed by atoms with Crippen LogP contribution in [0.2, 0.25) is 0 Å². The van der Waals surface area contributed by atoms with E-state index in [1.807, 2.05) is 48.7 Å².